The molecule has 0 heterocycles. The molecule has 4 rings (SSSR count). The van der Waals surface area contributed by atoms with Crippen molar-refractivity contribution in [2.75, 3.05) is 26.2 Å². The van der Waals surface area contributed by atoms with Crippen molar-refractivity contribution < 1.29 is 22.3 Å². The molecule has 0 spiro atoms. The largest absolute Gasteiger partial charge is 0.397 e. The molecule has 0 aliphatic heterocycles. The van der Waals surface area contributed by atoms with Gasteiger partial charge >= 0.3 is 10.4 Å². The summed E-state index contributed by atoms with van der Waals surface area (Å²) >= 11 is 0. The minimum atomic E-state index is -4.46. The summed E-state index contributed by atoms with van der Waals surface area (Å²) in [6, 6.07) is 0.579. The zero-order chi connectivity index (χ0) is 34.2. The number of nitrogens with one attached hydrogen (secondary N) is 2. The topological polar surface area (TPSA) is 134 Å². The molecular weight excluding hydrogens is 611 g/mol. The lowest BCUT2D eigenvalue weighted by molar-refractivity contribution is -0.167. The fourth-order valence-corrected chi connectivity index (χ4v) is 12.0. The molecule has 4 aliphatic carbocycles. The Kier molecular flexibility index (Phi) is 14.9. The summed E-state index contributed by atoms with van der Waals surface area (Å²) in [5, 5.41) is 19.4. The van der Waals surface area contributed by atoms with Gasteiger partial charge in [-0.25, -0.2) is 4.18 Å². The molecule has 4 saturated carbocycles. The first-order valence-electron chi connectivity index (χ1n) is 19.8. The predicted octanol–water partition coefficient (Wildman–Crippen LogP) is 7.11. The number of aliphatic hydroxyl groups is 1. The van der Waals surface area contributed by atoms with Crippen molar-refractivity contribution in [3.8, 4) is 0 Å². The zero-order valence-electron chi connectivity index (χ0n) is 30.7. The highest BCUT2D eigenvalue weighted by molar-refractivity contribution is 7.80. The molecule has 6 N–H and O–H groups in total. The van der Waals surface area contributed by atoms with E-state index in [-0.39, 0.29) is 17.4 Å². The van der Waals surface area contributed by atoms with Crippen molar-refractivity contribution in [1.29, 1.82) is 0 Å². The fourth-order valence-electron chi connectivity index (χ4n) is 11.4. The van der Waals surface area contributed by atoms with Gasteiger partial charge in [-0.1, -0.05) is 60.3 Å². The molecule has 0 saturated heterocycles. The number of rotatable bonds is 20. The minimum absolute atomic E-state index is 0.0154. The lowest BCUT2D eigenvalue weighted by Crippen LogP contribution is -2.59. The van der Waals surface area contributed by atoms with E-state index < -0.39 is 16.5 Å². The van der Waals surface area contributed by atoms with E-state index in [1.807, 2.05) is 13.8 Å². The van der Waals surface area contributed by atoms with Crippen molar-refractivity contribution >= 4 is 10.4 Å². The third-order valence-electron chi connectivity index (χ3n) is 14.1. The standard InChI is InChI=1S/C38H73N3O5S/c1-27(2)35(46-47(43,44)45)16-13-28(3)31-14-15-32-36-33(18-20-38(31,32)5)37(4)19-17-30(25-29(37)26-34(36)42)41-24-12-23-40-22-11-9-7-6-8-10-21-39/h27-36,40-42H,6-26,39H2,1-5H3,(H,43,44,45)/t28-,29-,30+,31?,32?,33?,34-,35?,36?,37+,38-/m1/s1. The van der Waals surface area contributed by atoms with Gasteiger partial charge in [-0.3, -0.25) is 4.55 Å². The van der Waals surface area contributed by atoms with Crippen molar-refractivity contribution in [3.63, 3.8) is 0 Å². The van der Waals surface area contributed by atoms with Gasteiger partial charge in [0.2, 0.25) is 0 Å². The average Bonchev–Trinajstić information content (AvgIpc) is 3.36. The van der Waals surface area contributed by atoms with E-state index in [9.17, 15) is 18.1 Å². The molecule has 9 heteroatoms. The molecule has 4 aliphatic rings. The smallest absolute Gasteiger partial charge is 0.393 e. The quantitative estimate of drug-likeness (QED) is 0.0677. The number of unbranched alkanes of at least 4 members (excludes halogenated alkanes) is 5. The van der Waals surface area contributed by atoms with Crippen LogP contribution in [0.4, 0.5) is 0 Å². The van der Waals surface area contributed by atoms with Gasteiger partial charge in [0, 0.05) is 6.04 Å². The third-order valence-corrected chi connectivity index (χ3v) is 14.6. The van der Waals surface area contributed by atoms with E-state index in [1.54, 1.807) is 0 Å². The Morgan fingerprint density at radius 2 is 1.49 bits per heavy atom. The van der Waals surface area contributed by atoms with Crippen LogP contribution in [0, 0.1) is 52.3 Å². The Bertz CT molecular complexity index is 1040. The highest BCUT2D eigenvalue weighted by Crippen LogP contribution is 2.68. The summed E-state index contributed by atoms with van der Waals surface area (Å²) < 4.78 is 37.2. The maximum absolute atomic E-state index is 11.8. The molecule has 5 unspecified atom stereocenters. The van der Waals surface area contributed by atoms with Gasteiger partial charge in [0.1, 0.15) is 0 Å². The van der Waals surface area contributed by atoms with Crippen LogP contribution < -0.4 is 16.4 Å². The molecular formula is C38H73N3O5S. The monoisotopic (exact) mass is 684 g/mol. The average molecular weight is 684 g/mol. The normalized spacial score (nSPS) is 36.9. The van der Waals surface area contributed by atoms with Crippen molar-refractivity contribution in [3.05, 3.63) is 0 Å². The van der Waals surface area contributed by atoms with Gasteiger partial charge < -0.3 is 21.5 Å². The Morgan fingerprint density at radius 1 is 0.830 bits per heavy atom. The van der Waals surface area contributed by atoms with Crippen LogP contribution in [0.25, 0.3) is 0 Å². The Balaban J connectivity index is 1.23. The first-order valence-corrected chi connectivity index (χ1v) is 21.1. The summed E-state index contributed by atoms with van der Waals surface area (Å²) in [6.45, 7) is 15.5. The molecule has 0 aromatic carbocycles. The number of aliphatic hydroxyl groups excluding tert-OH is 1. The second kappa shape index (κ2) is 17.8. The van der Waals surface area contributed by atoms with Gasteiger partial charge in [0.05, 0.1) is 12.2 Å². The van der Waals surface area contributed by atoms with Crippen molar-refractivity contribution in [1.82, 2.24) is 10.6 Å². The van der Waals surface area contributed by atoms with E-state index in [0.29, 0.717) is 53.4 Å². The van der Waals surface area contributed by atoms with E-state index in [1.165, 1.54) is 89.9 Å². The number of hydrogen-bond acceptors (Lipinski definition) is 7. The van der Waals surface area contributed by atoms with Crippen LogP contribution in [-0.2, 0) is 14.6 Å². The lowest BCUT2D eigenvalue weighted by atomic mass is 9.43. The molecule has 0 amide bonds. The minimum Gasteiger partial charge on any atom is -0.393 e. The van der Waals surface area contributed by atoms with Crippen molar-refractivity contribution in [2.24, 2.45) is 58.0 Å². The molecule has 11 atom stereocenters. The predicted molar refractivity (Wildman–Crippen MR) is 192 cm³/mol. The van der Waals surface area contributed by atoms with Crippen LogP contribution >= 0.6 is 0 Å². The van der Waals surface area contributed by atoms with E-state index in [4.69, 9.17) is 9.92 Å². The van der Waals surface area contributed by atoms with Crippen molar-refractivity contribution in [2.45, 2.75) is 162 Å². The molecule has 276 valence electrons. The Labute approximate surface area is 288 Å². The molecule has 8 nitrogen and oxygen atoms in total. The van der Waals surface area contributed by atoms with Gasteiger partial charge in [0.15, 0.2) is 0 Å². The van der Waals surface area contributed by atoms with Gasteiger partial charge in [-0.15, -0.1) is 0 Å². The fraction of sp³-hybridized carbons (Fsp3) is 1.00. The third kappa shape index (κ3) is 10.2. The summed E-state index contributed by atoms with van der Waals surface area (Å²) in [6.07, 6.45) is 19.3. The zero-order valence-corrected chi connectivity index (χ0v) is 31.5. The number of hydrogen-bond donors (Lipinski definition) is 5. The Hall–Kier alpha value is -0.290. The van der Waals surface area contributed by atoms with Crippen LogP contribution in [0.5, 0.6) is 0 Å². The van der Waals surface area contributed by atoms with Crippen LogP contribution in [0.3, 0.4) is 0 Å². The molecule has 0 radical (unpaired) electrons. The first kappa shape index (κ1) is 39.5. The highest BCUT2D eigenvalue weighted by Gasteiger charge is 2.62. The second-order valence-electron chi connectivity index (χ2n) is 17.3. The maximum Gasteiger partial charge on any atom is 0.397 e. The molecule has 47 heavy (non-hydrogen) atoms. The Morgan fingerprint density at radius 3 is 2.19 bits per heavy atom. The van der Waals surface area contributed by atoms with E-state index in [0.717, 1.165) is 39.0 Å². The number of fused-ring (bicyclic) bond motifs is 5. The van der Waals surface area contributed by atoms with E-state index in [2.05, 4.69) is 31.4 Å². The molecule has 0 aromatic heterocycles. The van der Waals surface area contributed by atoms with Gasteiger partial charge in [-0.2, -0.15) is 8.42 Å². The lowest BCUT2D eigenvalue weighted by Gasteiger charge is -2.62. The maximum atomic E-state index is 11.8. The number of nitrogens with two attached hydrogens (primary N) is 1. The molecule has 0 bridgehead atoms. The van der Waals surface area contributed by atoms with Crippen LogP contribution in [0.2, 0.25) is 0 Å². The summed E-state index contributed by atoms with van der Waals surface area (Å²) in [5.41, 5.74) is 6.13. The second-order valence-corrected chi connectivity index (χ2v) is 18.4. The molecule has 0 aromatic rings. The SMILES string of the molecule is CC(C)C(CC[C@@H](C)C1CCC2C3C(CC[C@@]21C)[C@@]1(C)CC[C@H](NCCCNCCCCCCCCN)C[C@@H]1C[C@H]3O)OS(=O)(=O)O. The molecule has 4 fully saturated rings. The highest BCUT2D eigenvalue weighted by atomic mass is 32.3. The van der Waals surface area contributed by atoms with E-state index >= 15 is 0 Å². The first-order chi connectivity index (χ1) is 22.3. The van der Waals surface area contributed by atoms with Crippen LogP contribution in [-0.4, -0.2) is 62.5 Å². The summed E-state index contributed by atoms with van der Waals surface area (Å²) in [7, 11) is -4.46. The summed E-state index contributed by atoms with van der Waals surface area (Å²) in [5.74, 6) is 3.22. The van der Waals surface area contributed by atoms with Crippen LogP contribution in [0.15, 0.2) is 0 Å². The van der Waals surface area contributed by atoms with Crippen LogP contribution in [0.1, 0.15) is 144 Å². The van der Waals surface area contributed by atoms with Gasteiger partial charge in [0.25, 0.3) is 0 Å². The van der Waals surface area contributed by atoms with Gasteiger partial charge in [-0.05, 0) is 162 Å². The summed E-state index contributed by atoms with van der Waals surface area (Å²) in [4.78, 5) is 0.